The van der Waals surface area contributed by atoms with Gasteiger partial charge in [0.1, 0.15) is 11.1 Å². The number of benzene rings is 2. The molecule has 2 aromatic carbocycles. The van der Waals surface area contributed by atoms with E-state index in [1.54, 1.807) is 34.9 Å². The van der Waals surface area contributed by atoms with Gasteiger partial charge in [-0.15, -0.1) is 11.8 Å². The van der Waals surface area contributed by atoms with Gasteiger partial charge in [-0.1, -0.05) is 29.8 Å². The standard InChI is InChI=1S/C17H15ClF2N2O2S/c18-12-4-1-3-11(9-12)15-22(7-8-25-15)17(23)21-13-5-2-6-14(10-13)24-16(19)20/h1-6,9-10,15-16H,7-8H2,(H,21,23). The summed E-state index contributed by atoms with van der Waals surface area (Å²) in [7, 11) is 0. The van der Waals surface area contributed by atoms with Crippen LogP contribution in [-0.4, -0.2) is 29.8 Å². The van der Waals surface area contributed by atoms with Crippen LogP contribution in [0.1, 0.15) is 10.9 Å². The number of thioether (sulfide) groups is 1. The summed E-state index contributed by atoms with van der Waals surface area (Å²) < 4.78 is 28.9. The van der Waals surface area contributed by atoms with Crippen molar-refractivity contribution in [3.8, 4) is 5.75 Å². The lowest BCUT2D eigenvalue weighted by molar-refractivity contribution is -0.0497. The summed E-state index contributed by atoms with van der Waals surface area (Å²) in [5, 5.41) is 3.20. The van der Waals surface area contributed by atoms with Crippen molar-refractivity contribution in [1.82, 2.24) is 4.90 Å². The Morgan fingerprint density at radius 1 is 1.28 bits per heavy atom. The molecule has 3 rings (SSSR count). The second-order valence-electron chi connectivity index (χ2n) is 5.31. The molecule has 1 N–H and O–H groups in total. The fraction of sp³-hybridized carbons (Fsp3) is 0.235. The topological polar surface area (TPSA) is 41.6 Å². The van der Waals surface area contributed by atoms with E-state index in [9.17, 15) is 13.6 Å². The maximum Gasteiger partial charge on any atom is 0.387 e. The van der Waals surface area contributed by atoms with Crippen molar-refractivity contribution >= 4 is 35.1 Å². The molecule has 0 aromatic heterocycles. The van der Waals surface area contributed by atoms with Crippen LogP contribution >= 0.6 is 23.4 Å². The van der Waals surface area contributed by atoms with Crippen molar-refractivity contribution < 1.29 is 18.3 Å². The van der Waals surface area contributed by atoms with Gasteiger partial charge in [-0.3, -0.25) is 0 Å². The molecule has 4 nitrogen and oxygen atoms in total. The molecule has 1 fully saturated rings. The first-order chi connectivity index (χ1) is 12.0. The number of anilines is 1. The number of halogens is 3. The highest BCUT2D eigenvalue weighted by Gasteiger charge is 2.30. The van der Waals surface area contributed by atoms with Gasteiger partial charge in [0.2, 0.25) is 0 Å². The number of alkyl halides is 2. The van der Waals surface area contributed by atoms with Crippen LogP contribution < -0.4 is 10.1 Å². The molecule has 2 amide bonds. The minimum Gasteiger partial charge on any atom is -0.435 e. The molecule has 0 spiro atoms. The molecule has 1 atom stereocenters. The summed E-state index contributed by atoms with van der Waals surface area (Å²) in [5.41, 5.74) is 1.34. The maximum absolute atomic E-state index is 12.6. The van der Waals surface area contributed by atoms with E-state index in [4.69, 9.17) is 11.6 Å². The highest BCUT2D eigenvalue weighted by Crippen LogP contribution is 2.38. The van der Waals surface area contributed by atoms with Crippen LogP contribution in [0, 0.1) is 0 Å². The number of rotatable bonds is 4. The molecule has 1 unspecified atom stereocenters. The largest absolute Gasteiger partial charge is 0.435 e. The van der Waals surface area contributed by atoms with Crippen molar-refractivity contribution in [2.75, 3.05) is 17.6 Å². The average Bonchev–Trinajstić information content (AvgIpc) is 3.04. The number of amides is 2. The minimum absolute atomic E-state index is 0.00464. The minimum atomic E-state index is -2.91. The lowest BCUT2D eigenvalue weighted by Gasteiger charge is -2.24. The first-order valence-corrected chi connectivity index (χ1v) is 8.95. The van der Waals surface area contributed by atoms with Gasteiger partial charge in [-0.25, -0.2) is 4.79 Å². The highest BCUT2D eigenvalue weighted by atomic mass is 35.5. The SMILES string of the molecule is O=C(Nc1cccc(OC(F)F)c1)N1CCSC1c1cccc(Cl)c1. The predicted molar refractivity (Wildman–Crippen MR) is 95.4 cm³/mol. The number of nitrogens with one attached hydrogen (secondary N) is 1. The van der Waals surface area contributed by atoms with Crippen molar-refractivity contribution in [2.24, 2.45) is 0 Å². The molecule has 0 aliphatic carbocycles. The van der Waals surface area contributed by atoms with Gasteiger partial charge >= 0.3 is 12.6 Å². The van der Waals surface area contributed by atoms with E-state index in [1.807, 2.05) is 18.2 Å². The van der Waals surface area contributed by atoms with E-state index in [0.717, 1.165) is 11.3 Å². The Kier molecular flexibility index (Phi) is 5.65. The quantitative estimate of drug-likeness (QED) is 0.785. The van der Waals surface area contributed by atoms with E-state index in [1.165, 1.54) is 12.1 Å². The number of ether oxygens (including phenoxy) is 1. The second kappa shape index (κ2) is 7.93. The fourth-order valence-electron chi connectivity index (χ4n) is 2.56. The Hall–Kier alpha value is -1.99. The molecular formula is C17H15ClF2N2O2S. The number of carbonyl (C=O) groups is 1. The molecule has 1 saturated heterocycles. The summed E-state index contributed by atoms with van der Waals surface area (Å²) in [5.74, 6) is 0.800. The van der Waals surface area contributed by atoms with Gasteiger partial charge in [0, 0.05) is 29.1 Å². The Morgan fingerprint density at radius 3 is 2.84 bits per heavy atom. The first kappa shape index (κ1) is 17.8. The molecule has 0 radical (unpaired) electrons. The van der Waals surface area contributed by atoms with E-state index < -0.39 is 6.61 Å². The van der Waals surface area contributed by atoms with Gasteiger partial charge in [0.25, 0.3) is 0 Å². The van der Waals surface area contributed by atoms with Crippen molar-refractivity contribution in [3.63, 3.8) is 0 Å². The van der Waals surface area contributed by atoms with Crippen LogP contribution in [0.2, 0.25) is 5.02 Å². The zero-order chi connectivity index (χ0) is 17.8. The Morgan fingerprint density at radius 2 is 2.08 bits per heavy atom. The lowest BCUT2D eigenvalue weighted by Crippen LogP contribution is -2.34. The van der Waals surface area contributed by atoms with Crippen LogP contribution in [-0.2, 0) is 0 Å². The summed E-state index contributed by atoms with van der Waals surface area (Å²) in [6, 6.07) is 13.0. The highest BCUT2D eigenvalue weighted by molar-refractivity contribution is 7.99. The molecule has 25 heavy (non-hydrogen) atoms. The molecule has 2 aromatic rings. The van der Waals surface area contributed by atoms with E-state index in [2.05, 4.69) is 10.1 Å². The third-order valence-corrected chi connectivity index (χ3v) is 5.09. The number of hydrogen-bond acceptors (Lipinski definition) is 3. The summed E-state index contributed by atoms with van der Waals surface area (Å²) >= 11 is 7.68. The molecule has 0 saturated carbocycles. The number of carbonyl (C=O) groups excluding carboxylic acids is 1. The predicted octanol–water partition coefficient (Wildman–Crippen LogP) is 5.22. The van der Waals surface area contributed by atoms with Crippen LogP contribution in [0.4, 0.5) is 19.3 Å². The van der Waals surface area contributed by atoms with E-state index >= 15 is 0 Å². The summed E-state index contributed by atoms with van der Waals surface area (Å²) in [6.45, 7) is -2.32. The Bertz CT molecular complexity index is 763. The van der Waals surface area contributed by atoms with Crippen LogP contribution in [0.5, 0.6) is 5.75 Å². The molecule has 8 heteroatoms. The van der Waals surface area contributed by atoms with Gasteiger partial charge in [0.15, 0.2) is 0 Å². The molecule has 1 aliphatic heterocycles. The molecule has 1 heterocycles. The monoisotopic (exact) mass is 384 g/mol. The lowest BCUT2D eigenvalue weighted by atomic mass is 10.2. The molecule has 132 valence electrons. The normalized spacial score (nSPS) is 17.0. The van der Waals surface area contributed by atoms with Crippen molar-refractivity contribution in [1.29, 1.82) is 0 Å². The zero-order valence-corrected chi connectivity index (χ0v) is 14.6. The smallest absolute Gasteiger partial charge is 0.387 e. The molecule has 1 aliphatic rings. The number of urea groups is 1. The second-order valence-corrected chi connectivity index (χ2v) is 6.93. The summed E-state index contributed by atoms with van der Waals surface area (Å²) in [6.07, 6.45) is 0. The van der Waals surface area contributed by atoms with Crippen LogP contribution in [0.3, 0.4) is 0 Å². The Labute approximate surface area is 153 Å². The Balaban J connectivity index is 1.72. The maximum atomic E-state index is 12.6. The van der Waals surface area contributed by atoms with Gasteiger partial charge in [0.05, 0.1) is 0 Å². The molecular weight excluding hydrogens is 370 g/mol. The van der Waals surface area contributed by atoms with Crippen molar-refractivity contribution in [2.45, 2.75) is 12.0 Å². The molecule has 0 bridgehead atoms. The van der Waals surface area contributed by atoms with Crippen LogP contribution in [0.25, 0.3) is 0 Å². The van der Waals surface area contributed by atoms with E-state index in [-0.39, 0.29) is 17.2 Å². The zero-order valence-electron chi connectivity index (χ0n) is 13.0. The third-order valence-electron chi connectivity index (χ3n) is 3.60. The van der Waals surface area contributed by atoms with E-state index in [0.29, 0.717) is 17.3 Å². The third kappa shape index (κ3) is 4.55. The van der Waals surface area contributed by atoms with Gasteiger partial charge in [-0.2, -0.15) is 8.78 Å². The van der Waals surface area contributed by atoms with Crippen molar-refractivity contribution in [3.05, 3.63) is 59.1 Å². The number of hydrogen-bond donors (Lipinski definition) is 1. The van der Waals surface area contributed by atoms with Gasteiger partial charge in [-0.05, 0) is 29.8 Å². The van der Waals surface area contributed by atoms with Gasteiger partial charge < -0.3 is 15.0 Å². The summed E-state index contributed by atoms with van der Waals surface area (Å²) in [4.78, 5) is 14.3. The number of nitrogens with zero attached hydrogens (tertiary/aromatic N) is 1. The average molecular weight is 385 g/mol. The fourth-order valence-corrected chi connectivity index (χ4v) is 4.00. The first-order valence-electron chi connectivity index (χ1n) is 7.52. The van der Waals surface area contributed by atoms with Crippen LogP contribution in [0.15, 0.2) is 48.5 Å².